The lowest BCUT2D eigenvalue weighted by Gasteiger charge is -2.11. The number of nitrogens with zero attached hydrogens (tertiary/aromatic N) is 4. The second-order valence-electron chi connectivity index (χ2n) is 6.26. The van der Waals surface area contributed by atoms with E-state index < -0.39 is 6.73 Å². The lowest BCUT2D eigenvalue weighted by atomic mass is 10.1. The number of hydrogen-bond acceptors (Lipinski definition) is 6. The molecule has 0 bridgehead atoms. The molecule has 0 aliphatic rings. The molecule has 0 radical (unpaired) electrons. The number of benzene rings is 1. The maximum Gasteiger partial charge on any atom is 0.271 e. The standard InChI is InChI=1S/C20H17ClN4O3/c1-12-5-16(24-25(11-26)20(12)27)7-14-3-4-17(21)18(8-14)28-19-9-15(10-22)6-13(2)23-19/h3-6,8-9,26H,7,11H2,1-2H3. The Bertz CT molecular complexity index is 1140. The van der Waals surface area contributed by atoms with E-state index >= 15 is 0 Å². The molecule has 0 spiro atoms. The average Bonchev–Trinajstić information content (AvgIpc) is 2.66. The van der Waals surface area contributed by atoms with Crippen LogP contribution in [0.2, 0.25) is 5.02 Å². The first-order valence-corrected chi connectivity index (χ1v) is 8.81. The molecule has 0 fully saturated rings. The van der Waals surface area contributed by atoms with Gasteiger partial charge in [0.25, 0.3) is 5.56 Å². The van der Waals surface area contributed by atoms with Crippen molar-refractivity contribution >= 4 is 11.6 Å². The molecular formula is C20H17ClN4O3. The molecule has 2 heterocycles. The first-order chi connectivity index (χ1) is 13.4. The van der Waals surface area contributed by atoms with Crippen molar-refractivity contribution in [2.45, 2.75) is 27.0 Å². The Hall–Kier alpha value is -3.21. The number of nitriles is 1. The van der Waals surface area contributed by atoms with Crippen molar-refractivity contribution in [2.75, 3.05) is 0 Å². The van der Waals surface area contributed by atoms with Gasteiger partial charge < -0.3 is 9.84 Å². The van der Waals surface area contributed by atoms with Gasteiger partial charge in [0, 0.05) is 23.7 Å². The van der Waals surface area contributed by atoms with E-state index in [0.717, 1.165) is 10.2 Å². The highest BCUT2D eigenvalue weighted by Gasteiger charge is 2.10. The van der Waals surface area contributed by atoms with Gasteiger partial charge in [0.15, 0.2) is 0 Å². The third kappa shape index (κ3) is 4.36. The molecule has 8 heteroatoms. The van der Waals surface area contributed by atoms with Crippen molar-refractivity contribution in [3.05, 3.63) is 79.9 Å². The van der Waals surface area contributed by atoms with Crippen LogP contribution < -0.4 is 10.3 Å². The zero-order valence-electron chi connectivity index (χ0n) is 15.3. The van der Waals surface area contributed by atoms with Crippen LogP contribution in [0, 0.1) is 25.2 Å². The van der Waals surface area contributed by atoms with Gasteiger partial charge in [-0.05, 0) is 43.7 Å². The molecule has 3 rings (SSSR count). The van der Waals surface area contributed by atoms with Crippen LogP contribution in [-0.4, -0.2) is 19.9 Å². The molecule has 1 aromatic carbocycles. The summed E-state index contributed by atoms with van der Waals surface area (Å²) in [5.74, 6) is 0.673. The minimum Gasteiger partial charge on any atom is -0.437 e. The summed E-state index contributed by atoms with van der Waals surface area (Å²) in [6.45, 7) is 2.96. The van der Waals surface area contributed by atoms with E-state index in [0.29, 0.717) is 39.7 Å². The number of hydrogen-bond donors (Lipinski definition) is 1. The van der Waals surface area contributed by atoms with Crippen LogP contribution in [0.25, 0.3) is 0 Å². The largest absolute Gasteiger partial charge is 0.437 e. The summed E-state index contributed by atoms with van der Waals surface area (Å²) in [6.07, 6.45) is 0.416. The number of aryl methyl sites for hydroxylation is 2. The van der Waals surface area contributed by atoms with E-state index in [1.807, 2.05) is 6.07 Å². The monoisotopic (exact) mass is 396 g/mol. The van der Waals surface area contributed by atoms with Crippen molar-refractivity contribution in [1.29, 1.82) is 5.26 Å². The summed E-state index contributed by atoms with van der Waals surface area (Å²) in [4.78, 5) is 16.1. The van der Waals surface area contributed by atoms with Crippen LogP contribution >= 0.6 is 11.6 Å². The van der Waals surface area contributed by atoms with Gasteiger partial charge in [-0.3, -0.25) is 4.79 Å². The summed E-state index contributed by atoms with van der Waals surface area (Å²) in [7, 11) is 0. The lowest BCUT2D eigenvalue weighted by molar-refractivity contribution is 0.187. The van der Waals surface area contributed by atoms with E-state index in [1.165, 1.54) is 6.07 Å². The van der Waals surface area contributed by atoms with Crippen LogP contribution in [-0.2, 0) is 13.2 Å². The van der Waals surface area contributed by atoms with Gasteiger partial charge in [0.2, 0.25) is 5.88 Å². The van der Waals surface area contributed by atoms with Crippen molar-refractivity contribution in [1.82, 2.24) is 14.8 Å². The van der Waals surface area contributed by atoms with Crippen molar-refractivity contribution in [3.8, 4) is 17.7 Å². The summed E-state index contributed by atoms with van der Waals surface area (Å²) in [5.41, 5.74) is 2.75. The molecule has 142 valence electrons. The Balaban J connectivity index is 1.90. The average molecular weight is 397 g/mol. The van der Waals surface area contributed by atoms with Crippen molar-refractivity contribution in [3.63, 3.8) is 0 Å². The van der Waals surface area contributed by atoms with Gasteiger partial charge in [0.1, 0.15) is 12.5 Å². The molecule has 1 N–H and O–H groups in total. The Kier molecular flexibility index (Phi) is 5.73. The van der Waals surface area contributed by atoms with Crippen LogP contribution in [0.15, 0.2) is 41.2 Å². The normalized spacial score (nSPS) is 10.5. The minimum absolute atomic E-state index is 0.276. The highest BCUT2D eigenvalue weighted by Crippen LogP contribution is 2.30. The smallest absolute Gasteiger partial charge is 0.271 e. The van der Waals surface area contributed by atoms with E-state index in [4.69, 9.17) is 21.6 Å². The number of aromatic nitrogens is 3. The Morgan fingerprint density at radius 1 is 1.25 bits per heavy atom. The van der Waals surface area contributed by atoms with Crippen LogP contribution in [0.4, 0.5) is 0 Å². The van der Waals surface area contributed by atoms with Crippen molar-refractivity contribution in [2.24, 2.45) is 0 Å². The fourth-order valence-electron chi connectivity index (χ4n) is 2.74. The number of halogens is 1. The highest BCUT2D eigenvalue weighted by atomic mass is 35.5. The third-order valence-corrected chi connectivity index (χ3v) is 4.30. The van der Waals surface area contributed by atoms with E-state index in [2.05, 4.69) is 16.2 Å². The predicted molar refractivity (Wildman–Crippen MR) is 103 cm³/mol. The first kappa shape index (κ1) is 19.5. The minimum atomic E-state index is -0.483. The fourth-order valence-corrected chi connectivity index (χ4v) is 2.90. The molecule has 0 unspecified atom stereocenters. The molecule has 0 saturated carbocycles. The van der Waals surface area contributed by atoms with Gasteiger partial charge in [0.05, 0.1) is 22.3 Å². The molecule has 0 amide bonds. The molecule has 28 heavy (non-hydrogen) atoms. The topological polar surface area (TPSA) is 101 Å². The maximum atomic E-state index is 11.9. The zero-order chi connectivity index (χ0) is 20.3. The Morgan fingerprint density at radius 3 is 2.75 bits per heavy atom. The number of ether oxygens (including phenoxy) is 1. The second-order valence-corrected chi connectivity index (χ2v) is 6.66. The Morgan fingerprint density at radius 2 is 2.04 bits per heavy atom. The third-order valence-electron chi connectivity index (χ3n) is 3.99. The summed E-state index contributed by atoms with van der Waals surface area (Å²) in [5, 5.41) is 22.9. The lowest BCUT2D eigenvalue weighted by Crippen LogP contribution is -2.26. The highest BCUT2D eigenvalue weighted by molar-refractivity contribution is 6.32. The van der Waals surface area contributed by atoms with Gasteiger partial charge in [-0.2, -0.15) is 10.4 Å². The molecule has 0 saturated heterocycles. The first-order valence-electron chi connectivity index (χ1n) is 8.43. The molecule has 0 aliphatic carbocycles. The molecule has 7 nitrogen and oxygen atoms in total. The SMILES string of the molecule is Cc1cc(C#N)cc(Oc2cc(Cc3cc(C)c(=O)n(CO)n3)ccc2Cl)n1. The number of pyridine rings is 1. The van der Waals surface area contributed by atoms with Gasteiger partial charge in [-0.25, -0.2) is 9.67 Å². The molecular weight excluding hydrogens is 380 g/mol. The number of aliphatic hydroxyl groups excluding tert-OH is 1. The molecule has 0 aliphatic heterocycles. The van der Waals surface area contributed by atoms with Gasteiger partial charge in [-0.1, -0.05) is 17.7 Å². The Labute approximate surface area is 166 Å². The summed E-state index contributed by atoms with van der Waals surface area (Å²) in [6, 6.07) is 12.2. The molecule has 0 atom stereocenters. The predicted octanol–water partition coefficient (Wildman–Crippen LogP) is 3.11. The summed E-state index contributed by atoms with van der Waals surface area (Å²) >= 11 is 6.24. The van der Waals surface area contributed by atoms with E-state index in [-0.39, 0.29) is 11.4 Å². The second kappa shape index (κ2) is 8.21. The van der Waals surface area contributed by atoms with E-state index in [1.54, 1.807) is 38.1 Å². The number of rotatable bonds is 5. The van der Waals surface area contributed by atoms with Crippen LogP contribution in [0.1, 0.15) is 28.1 Å². The van der Waals surface area contributed by atoms with Crippen LogP contribution in [0.3, 0.4) is 0 Å². The quantitative estimate of drug-likeness (QED) is 0.711. The summed E-state index contributed by atoms with van der Waals surface area (Å²) < 4.78 is 6.80. The van der Waals surface area contributed by atoms with Gasteiger partial charge in [-0.15, -0.1) is 0 Å². The number of aliphatic hydroxyl groups is 1. The molecule has 3 aromatic rings. The zero-order valence-corrected chi connectivity index (χ0v) is 16.1. The maximum absolute atomic E-state index is 11.9. The molecule has 2 aromatic heterocycles. The van der Waals surface area contributed by atoms with E-state index in [9.17, 15) is 9.90 Å². The van der Waals surface area contributed by atoms with Crippen LogP contribution in [0.5, 0.6) is 11.6 Å². The fraction of sp³-hybridized carbons (Fsp3) is 0.200. The van der Waals surface area contributed by atoms with Gasteiger partial charge >= 0.3 is 0 Å². The van der Waals surface area contributed by atoms with Crippen molar-refractivity contribution < 1.29 is 9.84 Å².